The molecule has 0 saturated heterocycles. The largest absolute Gasteiger partial charge is 0.384 e. The lowest BCUT2D eigenvalue weighted by atomic mass is 10.3. The van der Waals surface area contributed by atoms with Crippen molar-refractivity contribution in [2.24, 2.45) is 0 Å². The van der Waals surface area contributed by atoms with E-state index in [1.807, 2.05) is 13.8 Å². The van der Waals surface area contributed by atoms with Crippen LogP contribution in [0.2, 0.25) is 0 Å². The molecule has 0 radical (unpaired) electrons. The summed E-state index contributed by atoms with van der Waals surface area (Å²) < 4.78 is 0. The Balaban J connectivity index is 2.38. The summed E-state index contributed by atoms with van der Waals surface area (Å²) in [5.74, 6) is -0.342. The van der Waals surface area contributed by atoms with Crippen molar-refractivity contribution >= 4 is 17.5 Å². The first-order valence-electron chi connectivity index (χ1n) is 6.42. The molecule has 0 unspecified atom stereocenters. The molecule has 0 saturated carbocycles. The van der Waals surface area contributed by atoms with Gasteiger partial charge in [-0.2, -0.15) is 0 Å². The lowest BCUT2D eigenvalue weighted by Crippen LogP contribution is -2.30. The maximum atomic E-state index is 11.7. The van der Waals surface area contributed by atoms with Crippen LogP contribution in [-0.4, -0.2) is 36.4 Å². The van der Waals surface area contributed by atoms with Gasteiger partial charge in [-0.1, -0.05) is 0 Å². The minimum Gasteiger partial charge on any atom is -0.384 e. The second-order valence-electron chi connectivity index (χ2n) is 3.92. The van der Waals surface area contributed by atoms with Crippen molar-refractivity contribution in [2.75, 3.05) is 25.0 Å². The number of anilines is 1. The van der Waals surface area contributed by atoms with Crippen LogP contribution >= 0.6 is 0 Å². The minimum absolute atomic E-state index is 0.0711. The van der Waals surface area contributed by atoms with Crippen LogP contribution in [0.3, 0.4) is 0 Å². The fourth-order valence-electron chi connectivity index (χ4n) is 1.50. The van der Waals surface area contributed by atoms with Crippen molar-refractivity contribution in [3.8, 4) is 0 Å². The molecule has 0 aliphatic rings. The van der Waals surface area contributed by atoms with Crippen molar-refractivity contribution in [2.45, 2.75) is 20.3 Å². The van der Waals surface area contributed by atoms with Crippen LogP contribution in [0.25, 0.3) is 0 Å². The fraction of sp³-hybridized carbons (Fsp3) is 0.462. The number of nitrogens with zero attached hydrogens (tertiary/aromatic N) is 1. The molecule has 1 aromatic rings. The number of pyridine rings is 1. The summed E-state index contributed by atoms with van der Waals surface area (Å²) in [6, 6.07) is 3.45. The third kappa shape index (κ3) is 5.37. The van der Waals surface area contributed by atoms with E-state index in [1.54, 1.807) is 18.3 Å². The summed E-state index contributed by atoms with van der Waals surface area (Å²) in [6.45, 7) is 5.55. The molecule has 1 heterocycles. The van der Waals surface area contributed by atoms with Gasteiger partial charge in [0.15, 0.2) is 0 Å². The minimum atomic E-state index is -0.271. The molecule has 0 atom stereocenters. The molecule has 0 aliphatic heterocycles. The van der Waals surface area contributed by atoms with E-state index in [9.17, 15) is 9.59 Å². The Bertz CT molecular complexity index is 417. The standard InChI is InChI=1S/C13H20N4O2/c1-3-14-10-5-6-11(17-9-10)13(19)16-8-7-12(18)15-4-2/h5-6,9,14H,3-4,7-8H2,1-2H3,(H,15,18)(H,16,19). The Kier molecular flexibility index (Phi) is 6.35. The maximum Gasteiger partial charge on any atom is 0.269 e. The lowest BCUT2D eigenvalue weighted by Gasteiger charge is -2.06. The van der Waals surface area contributed by atoms with E-state index in [-0.39, 0.29) is 18.2 Å². The molecule has 3 N–H and O–H groups in total. The Hall–Kier alpha value is -2.11. The number of aromatic nitrogens is 1. The van der Waals surface area contributed by atoms with Crippen LogP contribution < -0.4 is 16.0 Å². The summed E-state index contributed by atoms with van der Waals surface area (Å²) in [5.41, 5.74) is 1.22. The van der Waals surface area contributed by atoms with Crippen LogP contribution in [0.15, 0.2) is 18.3 Å². The maximum absolute atomic E-state index is 11.7. The molecule has 6 nitrogen and oxygen atoms in total. The second kappa shape index (κ2) is 8.07. The summed E-state index contributed by atoms with van der Waals surface area (Å²) in [4.78, 5) is 27.0. The van der Waals surface area contributed by atoms with Gasteiger partial charge in [-0.05, 0) is 26.0 Å². The van der Waals surface area contributed by atoms with Gasteiger partial charge in [-0.25, -0.2) is 4.98 Å². The summed E-state index contributed by atoms with van der Waals surface area (Å²) in [7, 11) is 0. The van der Waals surface area contributed by atoms with E-state index in [2.05, 4.69) is 20.9 Å². The molecule has 1 aromatic heterocycles. The Labute approximate surface area is 113 Å². The van der Waals surface area contributed by atoms with Crippen LogP contribution in [-0.2, 0) is 4.79 Å². The quantitative estimate of drug-likeness (QED) is 0.679. The topological polar surface area (TPSA) is 83.1 Å². The van der Waals surface area contributed by atoms with E-state index in [0.717, 1.165) is 12.2 Å². The van der Waals surface area contributed by atoms with Crippen LogP contribution in [0.1, 0.15) is 30.8 Å². The van der Waals surface area contributed by atoms with E-state index in [4.69, 9.17) is 0 Å². The number of hydrogen-bond acceptors (Lipinski definition) is 4. The summed E-state index contributed by atoms with van der Waals surface area (Å²) >= 11 is 0. The summed E-state index contributed by atoms with van der Waals surface area (Å²) in [6.07, 6.45) is 1.89. The highest BCUT2D eigenvalue weighted by Gasteiger charge is 2.07. The highest BCUT2D eigenvalue weighted by Crippen LogP contribution is 2.05. The summed E-state index contributed by atoms with van der Waals surface area (Å²) in [5, 5.41) is 8.42. The molecular weight excluding hydrogens is 244 g/mol. The predicted molar refractivity (Wildman–Crippen MR) is 74.0 cm³/mol. The molecule has 0 aliphatic carbocycles. The molecule has 1 rings (SSSR count). The number of carbonyl (C=O) groups excluding carboxylic acids is 2. The first kappa shape index (κ1) is 14.9. The molecule has 0 aromatic carbocycles. The molecule has 0 fully saturated rings. The van der Waals surface area contributed by atoms with Gasteiger partial charge in [-0.3, -0.25) is 9.59 Å². The smallest absolute Gasteiger partial charge is 0.269 e. The number of nitrogens with one attached hydrogen (secondary N) is 3. The van der Waals surface area contributed by atoms with Gasteiger partial charge < -0.3 is 16.0 Å². The van der Waals surface area contributed by atoms with Gasteiger partial charge >= 0.3 is 0 Å². The second-order valence-corrected chi connectivity index (χ2v) is 3.92. The van der Waals surface area contributed by atoms with E-state index < -0.39 is 0 Å². The van der Waals surface area contributed by atoms with E-state index >= 15 is 0 Å². The van der Waals surface area contributed by atoms with Crippen LogP contribution in [0, 0.1) is 0 Å². The van der Waals surface area contributed by atoms with Crippen molar-refractivity contribution in [1.29, 1.82) is 0 Å². The molecule has 19 heavy (non-hydrogen) atoms. The zero-order chi connectivity index (χ0) is 14.1. The van der Waals surface area contributed by atoms with E-state index in [0.29, 0.717) is 18.8 Å². The predicted octanol–water partition coefficient (Wildman–Crippen LogP) is 0.769. The van der Waals surface area contributed by atoms with Gasteiger partial charge in [0.2, 0.25) is 5.91 Å². The molecule has 0 bridgehead atoms. The van der Waals surface area contributed by atoms with Crippen molar-refractivity contribution in [3.05, 3.63) is 24.0 Å². The third-order valence-corrected chi connectivity index (χ3v) is 2.39. The first-order valence-corrected chi connectivity index (χ1v) is 6.42. The third-order valence-electron chi connectivity index (χ3n) is 2.39. The van der Waals surface area contributed by atoms with Crippen LogP contribution in [0.4, 0.5) is 5.69 Å². The van der Waals surface area contributed by atoms with Gasteiger partial charge in [-0.15, -0.1) is 0 Å². The monoisotopic (exact) mass is 264 g/mol. The van der Waals surface area contributed by atoms with E-state index in [1.165, 1.54) is 0 Å². The molecule has 6 heteroatoms. The highest BCUT2D eigenvalue weighted by atomic mass is 16.2. The normalized spacial score (nSPS) is 9.79. The number of carbonyl (C=O) groups is 2. The molecular formula is C13H20N4O2. The van der Waals surface area contributed by atoms with Gasteiger partial charge in [0.05, 0.1) is 11.9 Å². The van der Waals surface area contributed by atoms with Gasteiger partial charge in [0.25, 0.3) is 5.91 Å². The SMILES string of the molecule is CCNC(=O)CCNC(=O)c1ccc(NCC)cn1. The van der Waals surface area contributed by atoms with Crippen molar-refractivity contribution in [1.82, 2.24) is 15.6 Å². The molecule has 2 amide bonds. The Morgan fingerprint density at radius 1 is 1.16 bits per heavy atom. The Morgan fingerprint density at radius 2 is 1.95 bits per heavy atom. The zero-order valence-electron chi connectivity index (χ0n) is 11.3. The average Bonchev–Trinajstić information content (AvgIpc) is 2.40. The average molecular weight is 264 g/mol. The molecule has 0 spiro atoms. The van der Waals surface area contributed by atoms with Gasteiger partial charge in [0, 0.05) is 26.1 Å². The number of hydrogen-bond donors (Lipinski definition) is 3. The fourth-order valence-corrected chi connectivity index (χ4v) is 1.50. The van der Waals surface area contributed by atoms with Crippen molar-refractivity contribution < 1.29 is 9.59 Å². The molecule has 104 valence electrons. The Morgan fingerprint density at radius 3 is 2.53 bits per heavy atom. The lowest BCUT2D eigenvalue weighted by molar-refractivity contribution is -0.120. The number of amides is 2. The number of rotatable bonds is 7. The van der Waals surface area contributed by atoms with Crippen molar-refractivity contribution in [3.63, 3.8) is 0 Å². The van der Waals surface area contributed by atoms with Crippen LogP contribution in [0.5, 0.6) is 0 Å². The zero-order valence-corrected chi connectivity index (χ0v) is 11.3. The highest BCUT2D eigenvalue weighted by molar-refractivity contribution is 5.92. The first-order chi connectivity index (χ1) is 9.17. The van der Waals surface area contributed by atoms with Gasteiger partial charge in [0.1, 0.15) is 5.69 Å².